The van der Waals surface area contributed by atoms with Crippen molar-refractivity contribution >= 4 is 31.9 Å². The molecule has 1 amide bonds. The average Bonchev–Trinajstić information content (AvgIpc) is 2.88. The van der Waals surface area contributed by atoms with Crippen LogP contribution >= 0.6 is 15.9 Å². The number of nitrogens with zero attached hydrogens (tertiary/aromatic N) is 3. The highest BCUT2D eigenvalue weighted by Gasteiger charge is 2.29. The molecule has 1 heterocycles. The van der Waals surface area contributed by atoms with Gasteiger partial charge in [-0.1, -0.05) is 76.6 Å². The van der Waals surface area contributed by atoms with Crippen LogP contribution in [0.2, 0.25) is 0 Å². The molecule has 35 heavy (non-hydrogen) atoms. The first kappa shape index (κ1) is 25.6. The molecular weight excluding hydrogens is 526 g/mol. The zero-order valence-corrected chi connectivity index (χ0v) is 22.0. The monoisotopic (exact) mass is 555 g/mol. The molecule has 0 saturated carbocycles. The van der Waals surface area contributed by atoms with Crippen LogP contribution in [0.1, 0.15) is 11.1 Å². The number of hydrogen-bond donors (Lipinski definition) is 0. The second-order valence-corrected chi connectivity index (χ2v) is 11.5. The van der Waals surface area contributed by atoms with Gasteiger partial charge in [0.2, 0.25) is 15.9 Å². The molecule has 8 heteroatoms. The predicted octanol–water partition coefficient (Wildman–Crippen LogP) is 4.03. The van der Waals surface area contributed by atoms with E-state index in [-0.39, 0.29) is 23.9 Å². The lowest BCUT2D eigenvalue weighted by Gasteiger charge is -2.35. The number of carbonyl (C=O) groups is 1. The molecule has 0 N–H and O–H groups in total. The zero-order valence-electron chi connectivity index (χ0n) is 19.6. The summed E-state index contributed by atoms with van der Waals surface area (Å²) in [7, 11) is -3.82. The molecule has 0 aliphatic carbocycles. The molecule has 1 aliphatic rings. The maximum atomic E-state index is 13.5. The maximum absolute atomic E-state index is 13.5. The van der Waals surface area contributed by atoms with Crippen LogP contribution in [0.3, 0.4) is 0 Å². The van der Waals surface area contributed by atoms with Gasteiger partial charge in [-0.3, -0.25) is 9.69 Å². The number of halogens is 1. The van der Waals surface area contributed by atoms with Crippen LogP contribution in [0, 0.1) is 0 Å². The van der Waals surface area contributed by atoms with E-state index in [0.717, 1.165) is 29.7 Å². The van der Waals surface area contributed by atoms with Gasteiger partial charge in [-0.2, -0.15) is 4.31 Å². The molecule has 0 bridgehead atoms. The van der Waals surface area contributed by atoms with Crippen molar-refractivity contribution in [1.82, 2.24) is 14.1 Å². The number of piperazine rings is 1. The fourth-order valence-corrected chi connectivity index (χ4v) is 5.84. The Kier molecular flexibility index (Phi) is 8.73. The third-order valence-electron chi connectivity index (χ3n) is 6.23. The summed E-state index contributed by atoms with van der Waals surface area (Å²) in [5.74, 6) is -0.155. The van der Waals surface area contributed by atoms with Crippen molar-refractivity contribution in [2.45, 2.75) is 17.9 Å². The van der Waals surface area contributed by atoms with Gasteiger partial charge in [-0.25, -0.2) is 8.42 Å². The highest BCUT2D eigenvalue weighted by molar-refractivity contribution is 9.10. The van der Waals surface area contributed by atoms with E-state index in [4.69, 9.17) is 0 Å². The van der Waals surface area contributed by atoms with Gasteiger partial charge in [-0.15, -0.1) is 0 Å². The van der Waals surface area contributed by atoms with Crippen molar-refractivity contribution in [3.63, 3.8) is 0 Å². The summed E-state index contributed by atoms with van der Waals surface area (Å²) in [6.07, 6.45) is 0.536. The Labute approximate surface area is 216 Å². The minimum atomic E-state index is -3.82. The van der Waals surface area contributed by atoms with Crippen LogP contribution in [0.5, 0.6) is 0 Å². The number of benzene rings is 3. The quantitative estimate of drug-likeness (QED) is 0.400. The molecule has 0 aromatic heterocycles. The zero-order chi connectivity index (χ0) is 24.7. The molecule has 0 unspecified atom stereocenters. The SMILES string of the molecule is O=C(CN(CCc1ccccc1)S(=O)(=O)c1ccc(Br)cc1)N1CCN(Cc2ccccc2)CC1. The Balaban J connectivity index is 1.42. The first-order chi connectivity index (χ1) is 16.9. The summed E-state index contributed by atoms with van der Waals surface area (Å²) >= 11 is 3.36. The van der Waals surface area contributed by atoms with Crippen molar-refractivity contribution < 1.29 is 13.2 Å². The van der Waals surface area contributed by atoms with E-state index in [1.165, 1.54) is 9.87 Å². The molecule has 1 aliphatic heterocycles. The van der Waals surface area contributed by atoms with Crippen molar-refractivity contribution in [2.24, 2.45) is 0 Å². The largest absolute Gasteiger partial charge is 0.339 e. The second-order valence-electron chi connectivity index (χ2n) is 8.67. The number of sulfonamides is 1. The van der Waals surface area contributed by atoms with Gasteiger partial charge in [0.1, 0.15) is 0 Å². The van der Waals surface area contributed by atoms with E-state index in [1.807, 2.05) is 48.5 Å². The number of carbonyl (C=O) groups excluding carboxylic acids is 1. The molecule has 184 valence electrons. The summed E-state index contributed by atoms with van der Waals surface area (Å²) in [5, 5.41) is 0. The summed E-state index contributed by atoms with van der Waals surface area (Å²) in [4.78, 5) is 17.5. The van der Waals surface area contributed by atoms with Crippen LogP contribution < -0.4 is 0 Å². The highest BCUT2D eigenvalue weighted by atomic mass is 79.9. The van der Waals surface area contributed by atoms with E-state index in [0.29, 0.717) is 19.5 Å². The van der Waals surface area contributed by atoms with Crippen molar-refractivity contribution in [2.75, 3.05) is 39.3 Å². The molecule has 1 saturated heterocycles. The molecule has 0 atom stereocenters. The second kappa shape index (κ2) is 11.9. The van der Waals surface area contributed by atoms with E-state index in [9.17, 15) is 13.2 Å². The van der Waals surface area contributed by atoms with Crippen molar-refractivity contribution in [1.29, 1.82) is 0 Å². The minimum Gasteiger partial charge on any atom is -0.339 e. The van der Waals surface area contributed by atoms with Crippen LogP contribution in [0.4, 0.5) is 0 Å². The molecule has 3 aromatic carbocycles. The molecule has 4 rings (SSSR count). The number of amides is 1. The molecular formula is C27H30BrN3O3S. The van der Waals surface area contributed by atoms with Crippen LogP contribution in [0.25, 0.3) is 0 Å². The molecule has 3 aromatic rings. The van der Waals surface area contributed by atoms with Gasteiger partial charge < -0.3 is 4.90 Å². The van der Waals surface area contributed by atoms with Gasteiger partial charge in [-0.05, 0) is 41.8 Å². The van der Waals surface area contributed by atoms with Crippen LogP contribution in [-0.4, -0.2) is 67.7 Å². The number of rotatable bonds is 9. The Morgan fingerprint density at radius 1 is 0.800 bits per heavy atom. The summed E-state index contributed by atoms with van der Waals surface area (Å²) < 4.78 is 29.1. The molecule has 6 nitrogen and oxygen atoms in total. The maximum Gasteiger partial charge on any atom is 0.243 e. The first-order valence-electron chi connectivity index (χ1n) is 11.8. The standard InChI is InChI=1S/C27H30BrN3O3S/c28-25-11-13-26(14-12-25)35(33,34)31(16-15-23-7-3-1-4-8-23)22-27(32)30-19-17-29(18-20-30)21-24-9-5-2-6-10-24/h1-14H,15-22H2. The van der Waals surface area contributed by atoms with E-state index < -0.39 is 10.0 Å². The van der Waals surface area contributed by atoms with Gasteiger partial charge in [0.25, 0.3) is 0 Å². The lowest BCUT2D eigenvalue weighted by molar-refractivity contribution is -0.133. The fourth-order valence-electron chi connectivity index (χ4n) is 4.19. The molecule has 1 fully saturated rings. The highest BCUT2D eigenvalue weighted by Crippen LogP contribution is 2.20. The lowest BCUT2D eigenvalue weighted by Crippen LogP contribution is -2.51. The Morgan fingerprint density at radius 2 is 1.37 bits per heavy atom. The van der Waals surface area contributed by atoms with Gasteiger partial charge in [0.05, 0.1) is 11.4 Å². The smallest absolute Gasteiger partial charge is 0.243 e. The van der Waals surface area contributed by atoms with Crippen molar-refractivity contribution in [3.05, 3.63) is 101 Å². The summed E-state index contributed by atoms with van der Waals surface area (Å²) in [5.41, 5.74) is 2.28. The molecule has 0 spiro atoms. The van der Waals surface area contributed by atoms with Crippen LogP contribution in [0.15, 0.2) is 94.3 Å². The summed E-state index contributed by atoms with van der Waals surface area (Å²) in [6, 6.07) is 26.6. The predicted molar refractivity (Wildman–Crippen MR) is 141 cm³/mol. The van der Waals surface area contributed by atoms with Gasteiger partial charge in [0, 0.05) is 43.7 Å². The normalized spacial score (nSPS) is 14.9. The molecule has 0 radical (unpaired) electrons. The fraction of sp³-hybridized carbons (Fsp3) is 0.296. The topological polar surface area (TPSA) is 60.9 Å². The third kappa shape index (κ3) is 7.01. The lowest BCUT2D eigenvalue weighted by atomic mass is 10.1. The average molecular weight is 557 g/mol. The Morgan fingerprint density at radius 3 is 1.97 bits per heavy atom. The summed E-state index contributed by atoms with van der Waals surface area (Å²) in [6.45, 7) is 3.65. The van der Waals surface area contributed by atoms with E-state index >= 15 is 0 Å². The third-order valence-corrected chi connectivity index (χ3v) is 8.62. The van der Waals surface area contributed by atoms with Gasteiger partial charge >= 0.3 is 0 Å². The van der Waals surface area contributed by atoms with E-state index in [2.05, 4.69) is 33.0 Å². The number of hydrogen-bond acceptors (Lipinski definition) is 4. The van der Waals surface area contributed by atoms with Gasteiger partial charge in [0.15, 0.2) is 0 Å². The Bertz CT molecular complexity index is 1200. The minimum absolute atomic E-state index is 0.155. The van der Waals surface area contributed by atoms with Crippen molar-refractivity contribution in [3.8, 4) is 0 Å². The Hall–Kier alpha value is -2.52. The van der Waals surface area contributed by atoms with E-state index in [1.54, 1.807) is 29.2 Å². The first-order valence-corrected chi connectivity index (χ1v) is 14.0. The van der Waals surface area contributed by atoms with Crippen LogP contribution in [-0.2, 0) is 27.8 Å².